The lowest BCUT2D eigenvalue weighted by molar-refractivity contribution is -0.173. The molecule has 0 radical (unpaired) electrons. The van der Waals surface area contributed by atoms with Crippen molar-refractivity contribution >= 4 is 41.5 Å². The fourth-order valence-corrected chi connectivity index (χ4v) is 6.93. The fraction of sp³-hybridized carbons (Fsp3) is 0.724. The zero-order valence-electron chi connectivity index (χ0n) is 27.3. The minimum absolute atomic E-state index is 0.0117. The Balaban J connectivity index is 2.02. The normalized spacial score (nSPS) is 19.2. The van der Waals surface area contributed by atoms with Gasteiger partial charge in [-0.25, -0.2) is 4.79 Å². The minimum Gasteiger partial charge on any atom is -0.414 e. The fourth-order valence-electron chi connectivity index (χ4n) is 3.79. The molecule has 0 spiro atoms. The van der Waals surface area contributed by atoms with Crippen LogP contribution in [0.3, 0.4) is 0 Å². The van der Waals surface area contributed by atoms with Crippen LogP contribution in [0, 0.1) is 17.8 Å². The molecule has 45 heavy (non-hydrogen) atoms. The number of carbonyl (C=O) groups excluding carboxylic acids is 1. The Morgan fingerprint density at radius 3 is 2.49 bits per heavy atom. The second-order valence-electron chi connectivity index (χ2n) is 13.1. The zero-order valence-corrected chi connectivity index (χ0v) is 30.0. The van der Waals surface area contributed by atoms with Gasteiger partial charge in [0.2, 0.25) is 0 Å². The van der Waals surface area contributed by atoms with Gasteiger partial charge >= 0.3 is 17.8 Å². The molecule has 10 nitrogen and oxygen atoms in total. The molecule has 0 bridgehead atoms. The summed E-state index contributed by atoms with van der Waals surface area (Å²) in [4.78, 5) is 43.2. The van der Waals surface area contributed by atoms with Gasteiger partial charge in [0.15, 0.2) is 8.32 Å². The maximum atomic E-state index is 12.8. The van der Waals surface area contributed by atoms with E-state index in [9.17, 15) is 27.6 Å². The van der Waals surface area contributed by atoms with Gasteiger partial charge in [-0.05, 0) is 52.2 Å². The number of ether oxygens (including phenoxy) is 2. The number of rotatable bonds is 13. The van der Waals surface area contributed by atoms with Gasteiger partial charge in [-0.3, -0.25) is 24.1 Å². The molecule has 2 N–H and O–H groups in total. The van der Waals surface area contributed by atoms with Crippen LogP contribution >= 0.6 is 21.6 Å². The molecule has 1 amide bonds. The molecule has 3 atom stereocenters. The Morgan fingerprint density at radius 1 is 1.22 bits per heavy atom. The summed E-state index contributed by atoms with van der Waals surface area (Å²) >= 11 is 0. The van der Waals surface area contributed by atoms with Crippen molar-refractivity contribution in [2.45, 2.75) is 96.3 Å². The average molecular weight is 695 g/mol. The van der Waals surface area contributed by atoms with Crippen molar-refractivity contribution in [3.05, 3.63) is 32.6 Å². The monoisotopic (exact) mass is 694 g/mol. The number of amides is 1. The number of aromatic amines is 1. The van der Waals surface area contributed by atoms with E-state index in [1.807, 2.05) is 19.2 Å². The lowest BCUT2D eigenvalue weighted by Crippen LogP contribution is -2.43. The van der Waals surface area contributed by atoms with Crippen molar-refractivity contribution in [1.29, 1.82) is 0 Å². The van der Waals surface area contributed by atoms with E-state index in [1.165, 1.54) is 32.4 Å². The van der Waals surface area contributed by atoms with Crippen LogP contribution in [0.5, 0.6) is 0 Å². The van der Waals surface area contributed by atoms with Crippen LogP contribution in [0.4, 0.5) is 13.2 Å². The highest BCUT2D eigenvalue weighted by atomic mass is 33.1. The van der Waals surface area contributed by atoms with E-state index in [-0.39, 0.29) is 41.7 Å². The lowest BCUT2D eigenvalue weighted by atomic mass is 10.0. The molecule has 1 aliphatic rings. The van der Waals surface area contributed by atoms with Gasteiger partial charge in [0.05, 0.1) is 12.7 Å². The molecule has 1 aliphatic heterocycles. The first-order valence-electron chi connectivity index (χ1n) is 14.5. The number of nitrogens with zero attached hydrogens (tertiary/aromatic N) is 2. The molecule has 1 aromatic heterocycles. The molecule has 254 valence electrons. The second kappa shape index (κ2) is 16.2. The first-order chi connectivity index (χ1) is 20.6. The Morgan fingerprint density at radius 2 is 1.89 bits per heavy atom. The molecule has 1 aromatic rings. The molecule has 1 fully saturated rings. The Bertz CT molecular complexity index is 1380. The van der Waals surface area contributed by atoms with E-state index in [0.29, 0.717) is 19.6 Å². The highest BCUT2D eigenvalue weighted by molar-refractivity contribution is 8.77. The smallest absolute Gasteiger partial charge is 0.414 e. The molecule has 1 unspecified atom stereocenters. The predicted molar refractivity (Wildman–Crippen MR) is 176 cm³/mol. The Labute approximate surface area is 271 Å². The lowest BCUT2D eigenvalue weighted by Gasteiger charge is -2.37. The molecule has 16 heteroatoms. The Kier molecular flexibility index (Phi) is 14.1. The van der Waals surface area contributed by atoms with Crippen molar-refractivity contribution < 1.29 is 31.9 Å². The molecule has 2 rings (SSSR count). The van der Waals surface area contributed by atoms with E-state index in [1.54, 1.807) is 13.8 Å². The van der Waals surface area contributed by atoms with E-state index in [4.69, 9.17) is 13.9 Å². The van der Waals surface area contributed by atoms with Crippen molar-refractivity contribution in [2.75, 3.05) is 32.2 Å². The summed E-state index contributed by atoms with van der Waals surface area (Å²) in [6.45, 7) is 18.8. The third-order valence-electron chi connectivity index (χ3n) is 7.44. The van der Waals surface area contributed by atoms with Crippen LogP contribution in [0.2, 0.25) is 18.1 Å². The van der Waals surface area contributed by atoms with Crippen LogP contribution in [-0.4, -0.2) is 78.8 Å². The SMILES string of the molecule is CC(C)=NCC1C[C@H](n2cc(C#CCOCSSC(C)(C)CNC(=O)C(F)(F)F)c(=O)[nH]c2=O)O[C@@H]1CO[Si](C)(C)C(C)(C)C. The molecule has 0 saturated carbocycles. The van der Waals surface area contributed by atoms with Crippen LogP contribution < -0.4 is 16.6 Å². The predicted octanol–water partition coefficient (Wildman–Crippen LogP) is 5.11. The molecular weight excluding hydrogens is 650 g/mol. The van der Waals surface area contributed by atoms with Crippen molar-refractivity contribution in [3.63, 3.8) is 0 Å². The summed E-state index contributed by atoms with van der Waals surface area (Å²) in [7, 11) is 0.462. The first-order valence-corrected chi connectivity index (χ1v) is 19.7. The Hall–Kier alpha value is -2.03. The average Bonchev–Trinajstić information content (AvgIpc) is 3.31. The van der Waals surface area contributed by atoms with Crippen molar-refractivity contribution in [2.24, 2.45) is 10.9 Å². The van der Waals surface area contributed by atoms with Gasteiger partial charge in [-0.15, -0.1) is 0 Å². The number of hydrogen-bond donors (Lipinski definition) is 2. The third kappa shape index (κ3) is 12.6. The van der Waals surface area contributed by atoms with Gasteiger partial charge in [-0.2, -0.15) is 13.2 Å². The van der Waals surface area contributed by atoms with Crippen LogP contribution in [-0.2, 0) is 18.7 Å². The summed E-state index contributed by atoms with van der Waals surface area (Å²) in [5.74, 6) is 3.68. The largest absolute Gasteiger partial charge is 0.471 e. The number of nitrogens with one attached hydrogen (secondary N) is 2. The van der Waals surface area contributed by atoms with Gasteiger partial charge in [0.25, 0.3) is 5.56 Å². The number of alkyl halides is 3. The van der Waals surface area contributed by atoms with E-state index in [2.05, 4.69) is 55.7 Å². The number of carbonyl (C=O) groups is 1. The van der Waals surface area contributed by atoms with E-state index >= 15 is 0 Å². The van der Waals surface area contributed by atoms with Crippen LogP contribution in [0.15, 0.2) is 20.8 Å². The van der Waals surface area contributed by atoms with Gasteiger partial charge in [0, 0.05) is 35.7 Å². The van der Waals surface area contributed by atoms with Crippen molar-refractivity contribution in [3.8, 4) is 11.8 Å². The zero-order chi connectivity index (χ0) is 34.2. The maximum Gasteiger partial charge on any atom is 0.471 e. The van der Waals surface area contributed by atoms with Gasteiger partial charge in [0.1, 0.15) is 24.3 Å². The number of aliphatic imine (C=N–C) groups is 1. The molecule has 1 saturated heterocycles. The number of hydrogen-bond acceptors (Lipinski definition) is 9. The molecular formula is C29H45F3N4O6S2Si. The highest BCUT2D eigenvalue weighted by Crippen LogP contribution is 2.39. The minimum atomic E-state index is -4.93. The summed E-state index contributed by atoms with van der Waals surface area (Å²) in [5.41, 5.74) is -0.215. The summed E-state index contributed by atoms with van der Waals surface area (Å²) < 4.78 is 56.1. The summed E-state index contributed by atoms with van der Waals surface area (Å²) in [5, 5.41) is 1.90. The second-order valence-corrected chi connectivity index (χ2v) is 20.9. The molecule has 0 aromatic carbocycles. The van der Waals surface area contributed by atoms with Crippen LogP contribution in [0.25, 0.3) is 0 Å². The molecule has 0 aliphatic carbocycles. The quantitative estimate of drug-likeness (QED) is 0.0730. The standard InChI is InChI=1S/C29H45F3N4O6S2Si/c1-19(2)33-14-21-13-23(42-22(21)16-41-45(8,9)27(3,4)5)36-15-20(24(37)35-26(36)39)11-10-12-40-18-43-44-28(6,7)17-34-25(38)29(30,31)32/h15,21-23H,12-14,16-18H2,1-9H3,(H,34,38)(H,35,37,39)/t21?,22-,23-/m1/s1. The van der Waals surface area contributed by atoms with Crippen LogP contribution in [0.1, 0.15) is 66.7 Å². The maximum absolute atomic E-state index is 12.8. The summed E-state index contributed by atoms with van der Waals surface area (Å²) in [6, 6.07) is 0. The highest BCUT2D eigenvalue weighted by Gasteiger charge is 2.42. The first kappa shape index (κ1) is 39.1. The van der Waals surface area contributed by atoms with Crippen molar-refractivity contribution in [1.82, 2.24) is 14.9 Å². The number of halogens is 3. The van der Waals surface area contributed by atoms with E-state index in [0.717, 1.165) is 5.71 Å². The number of H-pyrrole nitrogens is 1. The third-order valence-corrected chi connectivity index (χ3v) is 14.9. The van der Waals surface area contributed by atoms with Gasteiger partial charge in [-0.1, -0.05) is 54.2 Å². The topological polar surface area (TPSA) is 124 Å². The number of aromatic nitrogens is 2. The van der Waals surface area contributed by atoms with Gasteiger partial charge < -0.3 is 19.2 Å². The molecule has 2 heterocycles. The van der Waals surface area contributed by atoms with E-state index < -0.39 is 42.6 Å². The summed E-state index contributed by atoms with van der Waals surface area (Å²) in [6.07, 6.45) is -3.94.